The van der Waals surface area contributed by atoms with Crippen molar-refractivity contribution >= 4 is 27.3 Å². The zero-order chi connectivity index (χ0) is 13.7. The molecule has 0 radical (unpaired) electrons. The second-order valence-corrected chi connectivity index (χ2v) is 6.23. The predicted molar refractivity (Wildman–Crippen MR) is 86.7 cm³/mol. The lowest BCUT2D eigenvalue weighted by Gasteiger charge is -2.20. The molecule has 0 saturated carbocycles. The monoisotopic (exact) mass is 325 g/mol. The Balaban J connectivity index is 1.83. The van der Waals surface area contributed by atoms with E-state index in [4.69, 9.17) is 5.73 Å². The smallest absolute Gasteiger partial charge is 0.0489 e. The molecule has 0 spiro atoms. The number of nitrogens with two attached hydrogens (primary N) is 1. The van der Waals surface area contributed by atoms with Gasteiger partial charge in [-0.3, -0.25) is 0 Å². The lowest BCUT2D eigenvalue weighted by Crippen LogP contribution is -2.30. The SMILES string of the molecule is Cc1cc(NCCN2CCCCCC2)c(Br)cc1N. The number of hydrogen-bond acceptors (Lipinski definition) is 3. The maximum atomic E-state index is 5.89. The van der Waals surface area contributed by atoms with Gasteiger partial charge in [-0.1, -0.05) is 12.8 Å². The molecule has 1 aliphatic rings. The number of nitrogens with one attached hydrogen (secondary N) is 1. The summed E-state index contributed by atoms with van der Waals surface area (Å²) < 4.78 is 1.05. The van der Waals surface area contributed by atoms with Gasteiger partial charge in [-0.25, -0.2) is 0 Å². The summed E-state index contributed by atoms with van der Waals surface area (Å²) >= 11 is 3.56. The van der Waals surface area contributed by atoms with Gasteiger partial charge < -0.3 is 16.0 Å². The lowest BCUT2D eigenvalue weighted by atomic mass is 10.2. The third-order valence-corrected chi connectivity index (χ3v) is 4.45. The number of halogens is 1. The molecule has 0 aliphatic carbocycles. The van der Waals surface area contributed by atoms with Crippen LogP contribution in [-0.4, -0.2) is 31.1 Å². The zero-order valence-corrected chi connectivity index (χ0v) is 13.3. The van der Waals surface area contributed by atoms with Gasteiger partial charge in [-0.15, -0.1) is 0 Å². The normalized spacial score (nSPS) is 17.2. The van der Waals surface area contributed by atoms with E-state index in [2.05, 4.69) is 32.2 Å². The molecule has 3 nitrogen and oxygen atoms in total. The Morgan fingerprint density at radius 3 is 2.58 bits per heavy atom. The molecule has 1 saturated heterocycles. The quantitative estimate of drug-likeness (QED) is 0.830. The van der Waals surface area contributed by atoms with Crippen molar-refractivity contribution in [3.63, 3.8) is 0 Å². The van der Waals surface area contributed by atoms with E-state index in [1.54, 1.807) is 0 Å². The molecule has 0 amide bonds. The summed E-state index contributed by atoms with van der Waals surface area (Å²) in [6.45, 7) is 6.66. The summed E-state index contributed by atoms with van der Waals surface area (Å²) in [6, 6.07) is 4.09. The molecule has 1 aromatic rings. The molecule has 1 aliphatic heterocycles. The van der Waals surface area contributed by atoms with E-state index in [0.29, 0.717) is 0 Å². The summed E-state index contributed by atoms with van der Waals surface area (Å²) in [6.07, 6.45) is 5.49. The van der Waals surface area contributed by atoms with E-state index < -0.39 is 0 Å². The topological polar surface area (TPSA) is 41.3 Å². The first-order valence-corrected chi connectivity index (χ1v) is 7.98. The summed E-state index contributed by atoms with van der Waals surface area (Å²) in [7, 11) is 0. The first-order valence-electron chi connectivity index (χ1n) is 7.18. The van der Waals surface area contributed by atoms with Crippen molar-refractivity contribution in [3.8, 4) is 0 Å². The second kappa shape index (κ2) is 7.15. The van der Waals surface area contributed by atoms with Gasteiger partial charge in [0.05, 0.1) is 0 Å². The molecule has 1 heterocycles. The van der Waals surface area contributed by atoms with Crippen LogP contribution in [0.4, 0.5) is 11.4 Å². The van der Waals surface area contributed by atoms with Crippen molar-refractivity contribution in [3.05, 3.63) is 22.2 Å². The summed E-state index contributed by atoms with van der Waals surface area (Å²) in [4.78, 5) is 2.57. The van der Waals surface area contributed by atoms with Crippen LogP contribution in [0.15, 0.2) is 16.6 Å². The minimum absolute atomic E-state index is 0.838. The number of nitrogen functional groups attached to an aromatic ring is 1. The largest absolute Gasteiger partial charge is 0.398 e. The lowest BCUT2D eigenvalue weighted by molar-refractivity contribution is 0.296. The first-order chi connectivity index (χ1) is 9.16. The van der Waals surface area contributed by atoms with E-state index in [1.807, 2.05) is 13.0 Å². The molecule has 1 aromatic carbocycles. The zero-order valence-electron chi connectivity index (χ0n) is 11.7. The number of rotatable bonds is 4. The van der Waals surface area contributed by atoms with Crippen LogP contribution in [0.25, 0.3) is 0 Å². The molecule has 0 aromatic heterocycles. The number of aryl methyl sites for hydroxylation is 1. The minimum atomic E-state index is 0.838. The van der Waals surface area contributed by atoms with Crippen LogP contribution in [0.3, 0.4) is 0 Å². The Hall–Kier alpha value is -0.740. The number of benzene rings is 1. The van der Waals surface area contributed by atoms with Crippen LogP contribution in [0.1, 0.15) is 31.2 Å². The van der Waals surface area contributed by atoms with E-state index in [1.165, 1.54) is 38.8 Å². The Morgan fingerprint density at radius 1 is 1.21 bits per heavy atom. The van der Waals surface area contributed by atoms with Crippen LogP contribution in [0.5, 0.6) is 0 Å². The van der Waals surface area contributed by atoms with Crippen LogP contribution < -0.4 is 11.1 Å². The Kier molecular flexibility index (Phi) is 5.52. The van der Waals surface area contributed by atoms with Crippen molar-refractivity contribution in [2.24, 2.45) is 0 Å². The Bertz CT molecular complexity index is 412. The van der Waals surface area contributed by atoms with E-state index in [0.717, 1.165) is 34.5 Å². The highest BCUT2D eigenvalue weighted by atomic mass is 79.9. The average molecular weight is 326 g/mol. The maximum absolute atomic E-state index is 5.89. The molecule has 4 heteroatoms. The first kappa shape index (κ1) is 14.7. The summed E-state index contributed by atoms with van der Waals surface area (Å²) in [5.74, 6) is 0. The average Bonchev–Trinajstić information content (AvgIpc) is 2.64. The third kappa shape index (κ3) is 4.39. The molecule has 19 heavy (non-hydrogen) atoms. The van der Waals surface area contributed by atoms with Crippen molar-refractivity contribution < 1.29 is 0 Å². The van der Waals surface area contributed by atoms with Crippen molar-refractivity contribution in [1.29, 1.82) is 0 Å². The van der Waals surface area contributed by atoms with Gasteiger partial charge in [0.2, 0.25) is 0 Å². The molecule has 0 bridgehead atoms. The van der Waals surface area contributed by atoms with Crippen LogP contribution in [-0.2, 0) is 0 Å². The fourth-order valence-electron chi connectivity index (χ4n) is 2.54. The number of anilines is 2. The summed E-state index contributed by atoms with van der Waals surface area (Å²) in [5.41, 5.74) is 8.99. The van der Waals surface area contributed by atoms with E-state index in [-0.39, 0.29) is 0 Å². The van der Waals surface area contributed by atoms with Crippen LogP contribution >= 0.6 is 15.9 Å². The van der Waals surface area contributed by atoms with Crippen LogP contribution in [0, 0.1) is 6.92 Å². The second-order valence-electron chi connectivity index (χ2n) is 5.37. The highest BCUT2D eigenvalue weighted by Gasteiger charge is 2.09. The molecule has 2 rings (SSSR count). The van der Waals surface area contributed by atoms with Gasteiger partial charge in [0, 0.05) is 28.9 Å². The number of nitrogens with zero attached hydrogens (tertiary/aromatic N) is 1. The van der Waals surface area contributed by atoms with Gasteiger partial charge in [-0.2, -0.15) is 0 Å². The molecular formula is C15H24BrN3. The molecular weight excluding hydrogens is 302 g/mol. The number of likely N-dealkylation sites (tertiary alicyclic amines) is 1. The Morgan fingerprint density at radius 2 is 1.89 bits per heavy atom. The molecule has 1 fully saturated rings. The summed E-state index contributed by atoms with van der Waals surface area (Å²) in [5, 5.41) is 3.50. The van der Waals surface area contributed by atoms with Gasteiger partial charge >= 0.3 is 0 Å². The van der Waals surface area contributed by atoms with E-state index in [9.17, 15) is 0 Å². The fraction of sp³-hybridized carbons (Fsp3) is 0.600. The van der Waals surface area contributed by atoms with Gasteiger partial charge in [0.25, 0.3) is 0 Å². The van der Waals surface area contributed by atoms with Gasteiger partial charge in [-0.05, 0) is 66.5 Å². The standard InChI is InChI=1S/C15H24BrN3/c1-12-10-15(13(16)11-14(12)17)18-6-9-19-7-4-2-3-5-8-19/h10-11,18H,2-9,17H2,1H3. The fourth-order valence-corrected chi connectivity index (χ4v) is 3.04. The third-order valence-electron chi connectivity index (χ3n) is 3.80. The molecule has 3 N–H and O–H groups in total. The van der Waals surface area contributed by atoms with Crippen molar-refractivity contribution in [1.82, 2.24) is 4.90 Å². The van der Waals surface area contributed by atoms with Crippen LogP contribution in [0.2, 0.25) is 0 Å². The van der Waals surface area contributed by atoms with Crippen molar-refractivity contribution in [2.45, 2.75) is 32.6 Å². The highest BCUT2D eigenvalue weighted by molar-refractivity contribution is 9.10. The van der Waals surface area contributed by atoms with Gasteiger partial charge in [0.15, 0.2) is 0 Å². The molecule has 0 atom stereocenters. The van der Waals surface area contributed by atoms with Gasteiger partial charge in [0.1, 0.15) is 0 Å². The predicted octanol–water partition coefficient (Wildman–Crippen LogP) is 3.63. The van der Waals surface area contributed by atoms with Crippen molar-refractivity contribution in [2.75, 3.05) is 37.2 Å². The minimum Gasteiger partial charge on any atom is -0.398 e. The molecule has 0 unspecified atom stereocenters. The maximum Gasteiger partial charge on any atom is 0.0489 e. The highest BCUT2D eigenvalue weighted by Crippen LogP contribution is 2.27. The van der Waals surface area contributed by atoms with E-state index >= 15 is 0 Å². The number of hydrogen-bond donors (Lipinski definition) is 2. The Labute approximate surface area is 124 Å². The molecule has 106 valence electrons.